The van der Waals surface area contributed by atoms with Crippen LogP contribution in [0.3, 0.4) is 0 Å². The van der Waals surface area contributed by atoms with Crippen molar-refractivity contribution >= 4 is 16.9 Å². The van der Waals surface area contributed by atoms with E-state index >= 15 is 0 Å². The molecule has 7 heteroatoms. The van der Waals surface area contributed by atoms with Crippen LogP contribution in [0.1, 0.15) is 5.56 Å². The molecule has 0 aliphatic heterocycles. The minimum Gasteiger partial charge on any atom is -0.383 e. The third-order valence-electron chi connectivity index (χ3n) is 5.10. The monoisotopic (exact) mass is 416 g/mol. The van der Waals surface area contributed by atoms with Gasteiger partial charge in [0, 0.05) is 30.7 Å². The van der Waals surface area contributed by atoms with Crippen LogP contribution in [0.4, 0.5) is 0 Å². The van der Waals surface area contributed by atoms with E-state index in [1.807, 2.05) is 67.6 Å². The number of benzene rings is 2. The number of aryl methyl sites for hydroxylation is 1. The zero-order chi connectivity index (χ0) is 21.8. The molecule has 2 aromatic carbocycles. The summed E-state index contributed by atoms with van der Waals surface area (Å²) in [5.74, 6) is -0.258. The Hall–Kier alpha value is -3.71. The Balaban J connectivity index is 1.95. The van der Waals surface area contributed by atoms with Gasteiger partial charge in [-0.3, -0.25) is 14.2 Å². The number of hydrogen-bond donors (Lipinski definition) is 1. The molecule has 0 fully saturated rings. The molecule has 0 spiro atoms. The topological polar surface area (TPSA) is 78.2 Å². The van der Waals surface area contributed by atoms with Crippen molar-refractivity contribution in [3.05, 3.63) is 82.6 Å². The first kappa shape index (κ1) is 20.6. The summed E-state index contributed by atoms with van der Waals surface area (Å²) < 4.78 is 8.21. The first-order valence-electron chi connectivity index (χ1n) is 10.1. The van der Waals surface area contributed by atoms with Gasteiger partial charge in [0.05, 0.1) is 12.3 Å². The highest BCUT2D eigenvalue weighted by atomic mass is 16.5. The van der Waals surface area contributed by atoms with Crippen molar-refractivity contribution < 1.29 is 9.53 Å². The number of methoxy groups -OCH3 is 1. The zero-order valence-corrected chi connectivity index (χ0v) is 17.5. The fourth-order valence-electron chi connectivity index (χ4n) is 3.65. The lowest BCUT2D eigenvalue weighted by atomic mass is 10.1. The SMILES string of the molecule is COCCNC(=O)Cn1c(=O)cc(C)c2c(-c3ccccc3)nn(-c3ccccc3)c21. The second-order valence-corrected chi connectivity index (χ2v) is 7.26. The fourth-order valence-corrected chi connectivity index (χ4v) is 3.65. The van der Waals surface area contributed by atoms with Crippen molar-refractivity contribution in [2.75, 3.05) is 20.3 Å². The van der Waals surface area contributed by atoms with Gasteiger partial charge in [0.2, 0.25) is 5.91 Å². The second kappa shape index (κ2) is 8.97. The van der Waals surface area contributed by atoms with Crippen LogP contribution in [-0.2, 0) is 16.1 Å². The van der Waals surface area contributed by atoms with Gasteiger partial charge in [-0.25, -0.2) is 4.68 Å². The molecule has 0 radical (unpaired) electrons. The summed E-state index contributed by atoms with van der Waals surface area (Å²) in [5.41, 5.74) is 3.69. The van der Waals surface area contributed by atoms with Crippen molar-refractivity contribution in [1.29, 1.82) is 0 Å². The second-order valence-electron chi connectivity index (χ2n) is 7.26. The summed E-state index contributed by atoms with van der Waals surface area (Å²) in [4.78, 5) is 25.5. The molecule has 0 unspecified atom stereocenters. The van der Waals surface area contributed by atoms with Crippen LogP contribution in [-0.4, -0.2) is 40.5 Å². The Morgan fingerprint density at radius 2 is 1.74 bits per heavy atom. The Kier molecular flexibility index (Phi) is 5.95. The third-order valence-corrected chi connectivity index (χ3v) is 5.10. The normalized spacial score (nSPS) is 11.0. The Morgan fingerprint density at radius 1 is 1.06 bits per heavy atom. The molecule has 31 heavy (non-hydrogen) atoms. The predicted molar refractivity (Wildman–Crippen MR) is 120 cm³/mol. The Bertz CT molecular complexity index is 1260. The minimum absolute atomic E-state index is 0.105. The molecule has 0 bridgehead atoms. The smallest absolute Gasteiger partial charge is 0.252 e. The van der Waals surface area contributed by atoms with Gasteiger partial charge in [-0.1, -0.05) is 48.5 Å². The molecule has 4 aromatic rings. The number of carbonyl (C=O) groups is 1. The first-order chi connectivity index (χ1) is 15.1. The van der Waals surface area contributed by atoms with Gasteiger partial charge < -0.3 is 10.1 Å². The molecule has 0 aliphatic carbocycles. The van der Waals surface area contributed by atoms with Crippen LogP contribution in [0.5, 0.6) is 0 Å². The molecule has 4 rings (SSSR count). The molecule has 0 saturated carbocycles. The average molecular weight is 416 g/mol. The highest BCUT2D eigenvalue weighted by Crippen LogP contribution is 2.31. The molecule has 0 atom stereocenters. The Labute approximate surface area is 179 Å². The van der Waals surface area contributed by atoms with Crippen molar-refractivity contribution in [2.45, 2.75) is 13.5 Å². The van der Waals surface area contributed by atoms with Crippen LogP contribution in [0.25, 0.3) is 28.0 Å². The quantitative estimate of drug-likeness (QED) is 0.470. The molecular formula is C24H24N4O3. The van der Waals surface area contributed by atoms with Gasteiger partial charge in [-0.05, 0) is 24.6 Å². The van der Waals surface area contributed by atoms with E-state index in [2.05, 4.69) is 5.32 Å². The molecule has 1 N–H and O–H groups in total. The maximum atomic E-state index is 13.0. The minimum atomic E-state index is -0.258. The lowest BCUT2D eigenvalue weighted by molar-refractivity contribution is -0.121. The summed E-state index contributed by atoms with van der Waals surface area (Å²) >= 11 is 0. The van der Waals surface area contributed by atoms with Crippen molar-refractivity contribution in [3.8, 4) is 16.9 Å². The number of pyridine rings is 1. The predicted octanol–water partition coefficient (Wildman–Crippen LogP) is 2.93. The maximum absolute atomic E-state index is 13.0. The van der Waals surface area contributed by atoms with Gasteiger partial charge in [0.1, 0.15) is 17.9 Å². The van der Waals surface area contributed by atoms with Crippen LogP contribution in [0, 0.1) is 6.92 Å². The number of carbonyl (C=O) groups excluding carboxylic acids is 1. The summed E-state index contributed by atoms with van der Waals surface area (Å²) in [5, 5.41) is 8.51. The summed E-state index contributed by atoms with van der Waals surface area (Å²) in [6, 6.07) is 21.0. The average Bonchev–Trinajstić information content (AvgIpc) is 3.19. The van der Waals surface area contributed by atoms with Crippen molar-refractivity contribution in [1.82, 2.24) is 19.7 Å². The molecule has 158 valence electrons. The van der Waals surface area contributed by atoms with E-state index in [0.717, 1.165) is 27.9 Å². The van der Waals surface area contributed by atoms with E-state index in [0.29, 0.717) is 18.8 Å². The third kappa shape index (κ3) is 4.13. The first-order valence-corrected chi connectivity index (χ1v) is 10.1. The zero-order valence-electron chi connectivity index (χ0n) is 17.5. The number of ether oxygens (including phenoxy) is 1. The number of amides is 1. The van der Waals surface area contributed by atoms with E-state index in [4.69, 9.17) is 9.84 Å². The number of para-hydroxylation sites is 1. The molecule has 0 saturated heterocycles. The number of hydrogen-bond acceptors (Lipinski definition) is 4. The van der Waals surface area contributed by atoms with Gasteiger partial charge in [-0.15, -0.1) is 0 Å². The van der Waals surface area contributed by atoms with Crippen LogP contribution < -0.4 is 10.9 Å². The fraction of sp³-hybridized carbons (Fsp3) is 0.208. The molecule has 2 aromatic heterocycles. The van der Waals surface area contributed by atoms with Crippen molar-refractivity contribution in [3.63, 3.8) is 0 Å². The summed E-state index contributed by atoms with van der Waals surface area (Å²) in [6.07, 6.45) is 0. The molecule has 1 amide bonds. The molecule has 0 aliphatic rings. The lowest BCUT2D eigenvalue weighted by Gasteiger charge is -2.12. The Morgan fingerprint density at radius 3 is 2.42 bits per heavy atom. The highest BCUT2D eigenvalue weighted by molar-refractivity contribution is 5.95. The number of fused-ring (bicyclic) bond motifs is 1. The van der Waals surface area contributed by atoms with Gasteiger partial charge in [0.25, 0.3) is 5.56 Å². The van der Waals surface area contributed by atoms with E-state index < -0.39 is 0 Å². The number of nitrogens with one attached hydrogen (secondary N) is 1. The van der Waals surface area contributed by atoms with E-state index in [9.17, 15) is 9.59 Å². The molecular weight excluding hydrogens is 392 g/mol. The van der Waals surface area contributed by atoms with Gasteiger partial charge in [-0.2, -0.15) is 5.10 Å². The number of aromatic nitrogens is 3. The molecule has 7 nitrogen and oxygen atoms in total. The van der Waals surface area contributed by atoms with E-state index in [1.165, 1.54) is 4.57 Å². The summed E-state index contributed by atoms with van der Waals surface area (Å²) in [7, 11) is 1.57. The number of rotatable bonds is 7. The van der Waals surface area contributed by atoms with Crippen LogP contribution >= 0.6 is 0 Å². The lowest BCUT2D eigenvalue weighted by Crippen LogP contribution is -2.34. The number of nitrogens with zero attached hydrogens (tertiary/aromatic N) is 3. The standard InChI is InChI=1S/C24H24N4O3/c1-17-15-21(30)27(16-20(29)25-13-14-31-2)24-22(17)23(18-9-5-3-6-10-18)26-28(24)19-11-7-4-8-12-19/h3-12,15H,13-14,16H2,1-2H3,(H,25,29). The largest absolute Gasteiger partial charge is 0.383 e. The van der Waals surface area contributed by atoms with Gasteiger partial charge >= 0.3 is 0 Å². The summed E-state index contributed by atoms with van der Waals surface area (Å²) in [6.45, 7) is 2.58. The highest BCUT2D eigenvalue weighted by Gasteiger charge is 2.21. The molecule has 2 heterocycles. The van der Waals surface area contributed by atoms with Crippen LogP contribution in [0.2, 0.25) is 0 Å². The van der Waals surface area contributed by atoms with Crippen LogP contribution in [0.15, 0.2) is 71.5 Å². The van der Waals surface area contributed by atoms with Crippen molar-refractivity contribution in [2.24, 2.45) is 0 Å². The van der Waals surface area contributed by atoms with E-state index in [1.54, 1.807) is 17.9 Å². The van der Waals surface area contributed by atoms with E-state index in [-0.39, 0.29) is 18.0 Å². The van der Waals surface area contributed by atoms with Gasteiger partial charge in [0.15, 0.2) is 0 Å². The maximum Gasteiger partial charge on any atom is 0.252 e.